The number of aromatic nitrogens is 2. The Bertz CT molecular complexity index is 953. The van der Waals surface area contributed by atoms with Crippen molar-refractivity contribution in [2.75, 3.05) is 25.0 Å². The number of nitrogens with zero attached hydrogens (tertiary/aromatic N) is 3. The molecule has 0 unspecified atom stereocenters. The molecule has 0 aliphatic rings. The number of hydrogen-bond donors (Lipinski definition) is 1. The lowest BCUT2D eigenvalue weighted by Crippen LogP contribution is -2.33. The van der Waals surface area contributed by atoms with E-state index in [-0.39, 0.29) is 12.5 Å². The average Bonchev–Trinajstić information content (AvgIpc) is 3.19. The molecular weight excluding hydrogens is 380 g/mol. The van der Waals surface area contributed by atoms with Gasteiger partial charge in [0.25, 0.3) is 0 Å². The summed E-state index contributed by atoms with van der Waals surface area (Å²) in [7, 11) is 0. The van der Waals surface area contributed by atoms with Gasteiger partial charge in [-0.25, -0.2) is 0 Å². The van der Waals surface area contributed by atoms with Crippen LogP contribution in [0, 0.1) is 6.92 Å². The number of carbonyl (C=O) groups excluding carboxylic acids is 1. The molecular formula is C23H28N4O3. The summed E-state index contributed by atoms with van der Waals surface area (Å²) in [5.41, 5.74) is 2.71. The highest BCUT2D eigenvalue weighted by Gasteiger charge is 2.16. The van der Waals surface area contributed by atoms with E-state index in [0.717, 1.165) is 35.5 Å². The molecule has 0 saturated carbocycles. The minimum Gasteiger partial charge on any atom is -0.494 e. The first-order valence-electron chi connectivity index (χ1n) is 10.2. The van der Waals surface area contributed by atoms with Crippen molar-refractivity contribution in [2.45, 2.75) is 33.7 Å². The number of anilines is 1. The van der Waals surface area contributed by atoms with Gasteiger partial charge in [-0.2, -0.15) is 4.98 Å². The average molecular weight is 409 g/mol. The van der Waals surface area contributed by atoms with Crippen molar-refractivity contribution in [3.05, 3.63) is 60.0 Å². The van der Waals surface area contributed by atoms with Crippen molar-refractivity contribution in [1.29, 1.82) is 0 Å². The van der Waals surface area contributed by atoms with Crippen molar-refractivity contribution >= 4 is 11.6 Å². The van der Waals surface area contributed by atoms with Gasteiger partial charge in [-0.05, 0) is 62.7 Å². The van der Waals surface area contributed by atoms with Gasteiger partial charge in [0.15, 0.2) is 0 Å². The highest BCUT2D eigenvalue weighted by atomic mass is 16.5. The highest BCUT2D eigenvalue weighted by Crippen LogP contribution is 2.20. The van der Waals surface area contributed by atoms with Crippen LogP contribution >= 0.6 is 0 Å². The van der Waals surface area contributed by atoms with Gasteiger partial charge < -0.3 is 14.6 Å². The number of carbonyl (C=O) groups is 1. The zero-order valence-electron chi connectivity index (χ0n) is 17.7. The van der Waals surface area contributed by atoms with Gasteiger partial charge in [-0.1, -0.05) is 30.3 Å². The Morgan fingerprint density at radius 3 is 2.60 bits per heavy atom. The molecule has 7 nitrogen and oxygen atoms in total. The summed E-state index contributed by atoms with van der Waals surface area (Å²) in [4.78, 5) is 19.0. The number of para-hydroxylation sites is 1. The van der Waals surface area contributed by atoms with Crippen molar-refractivity contribution in [3.63, 3.8) is 0 Å². The van der Waals surface area contributed by atoms with Crippen LogP contribution in [-0.4, -0.2) is 40.6 Å². The molecule has 158 valence electrons. The third kappa shape index (κ3) is 5.90. The van der Waals surface area contributed by atoms with E-state index in [9.17, 15) is 4.79 Å². The summed E-state index contributed by atoms with van der Waals surface area (Å²) < 4.78 is 10.9. The normalized spacial score (nSPS) is 10.9. The first-order chi connectivity index (χ1) is 14.6. The molecule has 0 bridgehead atoms. The van der Waals surface area contributed by atoms with Crippen LogP contribution in [0.3, 0.4) is 0 Å². The van der Waals surface area contributed by atoms with E-state index in [1.165, 1.54) is 0 Å². The van der Waals surface area contributed by atoms with Crippen molar-refractivity contribution in [2.24, 2.45) is 0 Å². The van der Waals surface area contributed by atoms with Crippen LogP contribution in [0.25, 0.3) is 11.4 Å². The molecule has 3 rings (SSSR count). The van der Waals surface area contributed by atoms with Gasteiger partial charge in [0.05, 0.1) is 19.7 Å². The fourth-order valence-corrected chi connectivity index (χ4v) is 3.13. The van der Waals surface area contributed by atoms with Crippen LogP contribution in [-0.2, 0) is 11.3 Å². The van der Waals surface area contributed by atoms with Crippen molar-refractivity contribution in [1.82, 2.24) is 15.0 Å². The molecule has 1 amide bonds. The predicted octanol–water partition coefficient (Wildman–Crippen LogP) is 4.29. The van der Waals surface area contributed by atoms with Gasteiger partial charge in [-0.15, -0.1) is 0 Å². The third-order valence-corrected chi connectivity index (χ3v) is 4.58. The summed E-state index contributed by atoms with van der Waals surface area (Å²) in [6, 6.07) is 15.3. The lowest BCUT2D eigenvalue weighted by molar-refractivity contribution is -0.117. The maximum Gasteiger partial charge on any atom is 0.241 e. The molecule has 0 fully saturated rings. The van der Waals surface area contributed by atoms with Crippen LogP contribution in [0.4, 0.5) is 5.69 Å². The molecule has 1 N–H and O–H groups in total. The Kier molecular flexibility index (Phi) is 7.57. The molecule has 0 aliphatic heterocycles. The second-order valence-corrected chi connectivity index (χ2v) is 7.04. The van der Waals surface area contributed by atoms with Crippen LogP contribution in [0.5, 0.6) is 5.75 Å². The topological polar surface area (TPSA) is 80.5 Å². The molecule has 0 radical (unpaired) electrons. The monoisotopic (exact) mass is 408 g/mol. The van der Waals surface area contributed by atoms with Crippen LogP contribution < -0.4 is 10.1 Å². The summed E-state index contributed by atoms with van der Waals surface area (Å²) in [6.07, 6.45) is 0.914. The summed E-state index contributed by atoms with van der Waals surface area (Å²) in [5, 5.41) is 7.05. The lowest BCUT2D eigenvalue weighted by Gasteiger charge is -2.19. The van der Waals surface area contributed by atoms with E-state index < -0.39 is 0 Å². The SMILES string of the molecule is CCCN(CC(=O)Nc1ccccc1C)Cc1nc(-c2ccc(OCC)cc2)no1. The number of rotatable bonds is 10. The predicted molar refractivity (Wildman–Crippen MR) is 116 cm³/mol. The molecule has 30 heavy (non-hydrogen) atoms. The first kappa shape index (κ1) is 21.5. The smallest absolute Gasteiger partial charge is 0.241 e. The molecule has 1 heterocycles. The second-order valence-electron chi connectivity index (χ2n) is 7.04. The van der Waals surface area contributed by atoms with E-state index in [4.69, 9.17) is 9.26 Å². The van der Waals surface area contributed by atoms with Crippen LogP contribution in [0.1, 0.15) is 31.7 Å². The Hall–Kier alpha value is -3.19. The zero-order chi connectivity index (χ0) is 21.3. The number of benzene rings is 2. The fraction of sp³-hybridized carbons (Fsp3) is 0.348. The first-order valence-corrected chi connectivity index (χ1v) is 10.2. The second kappa shape index (κ2) is 10.5. The standard InChI is InChI=1S/C23H28N4O3/c1-4-14-27(15-21(28)24-20-9-7-6-8-17(20)3)16-22-25-23(26-30-22)18-10-12-19(13-11-18)29-5-2/h6-13H,4-5,14-16H2,1-3H3,(H,24,28). The number of nitrogens with one attached hydrogen (secondary N) is 1. The lowest BCUT2D eigenvalue weighted by atomic mass is 10.2. The Labute approximate surface area is 177 Å². The molecule has 3 aromatic rings. The molecule has 0 aliphatic carbocycles. The van der Waals surface area contributed by atoms with Gasteiger partial charge >= 0.3 is 0 Å². The number of aryl methyl sites for hydroxylation is 1. The molecule has 0 spiro atoms. The van der Waals surface area contributed by atoms with E-state index in [1.807, 2.05) is 67.3 Å². The van der Waals surface area contributed by atoms with E-state index >= 15 is 0 Å². The maximum atomic E-state index is 12.5. The Morgan fingerprint density at radius 1 is 1.13 bits per heavy atom. The van der Waals surface area contributed by atoms with E-state index in [0.29, 0.717) is 24.9 Å². The highest BCUT2D eigenvalue weighted by molar-refractivity contribution is 5.92. The quantitative estimate of drug-likeness (QED) is 0.539. The van der Waals surface area contributed by atoms with Crippen molar-refractivity contribution in [3.8, 4) is 17.1 Å². The number of hydrogen-bond acceptors (Lipinski definition) is 6. The Balaban J connectivity index is 1.62. The van der Waals surface area contributed by atoms with Gasteiger partial charge in [-0.3, -0.25) is 9.69 Å². The Morgan fingerprint density at radius 2 is 1.90 bits per heavy atom. The van der Waals surface area contributed by atoms with E-state index in [2.05, 4.69) is 22.4 Å². The fourth-order valence-electron chi connectivity index (χ4n) is 3.13. The molecule has 0 atom stereocenters. The van der Waals surface area contributed by atoms with Gasteiger partial charge in [0.2, 0.25) is 17.6 Å². The number of ether oxygens (including phenoxy) is 1. The van der Waals surface area contributed by atoms with Crippen LogP contribution in [0.15, 0.2) is 53.1 Å². The largest absolute Gasteiger partial charge is 0.494 e. The molecule has 2 aromatic carbocycles. The summed E-state index contributed by atoms with van der Waals surface area (Å²) in [6.45, 7) is 8.04. The van der Waals surface area contributed by atoms with Crippen molar-refractivity contribution < 1.29 is 14.1 Å². The molecule has 1 aromatic heterocycles. The zero-order valence-corrected chi connectivity index (χ0v) is 17.7. The molecule has 0 saturated heterocycles. The minimum absolute atomic E-state index is 0.0657. The van der Waals surface area contributed by atoms with E-state index in [1.54, 1.807) is 0 Å². The minimum atomic E-state index is -0.0657. The maximum absolute atomic E-state index is 12.5. The van der Waals surface area contributed by atoms with Crippen LogP contribution in [0.2, 0.25) is 0 Å². The summed E-state index contributed by atoms with van der Waals surface area (Å²) in [5.74, 6) is 1.74. The van der Waals surface area contributed by atoms with Gasteiger partial charge in [0, 0.05) is 11.3 Å². The number of amides is 1. The van der Waals surface area contributed by atoms with Gasteiger partial charge in [0.1, 0.15) is 5.75 Å². The summed E-state index contributed by atoms with van der Waals surface area (Å²) >= 11 is 0. The molecule has 7 heteroatoms. The third-order valence-electron chi connectivity index (χ3n) is 4.58.